The van der Waals surface area contributed by atoms with E-state index in [9.17, 15) is 9.59 Å². The zero-order valence-electron chi connectivity index (χ0n) is 11.3. The SMILES string of the molecule is CSCC(=O)Nc1ccc2c(c1)C(=O)c1cc(Br)ccc1-2. The molecule has 0 spiro atoms. The molecule has 1 amide bonds. The maximum absolute atomic E-state index is 12.5. The summed E-state index contributed by atoms with van der Waals surface area (Å²) >= 11 is 4.85. The molecule has 0 fully saturated rings. The predicted octanol–water partition coefficient (Wildman–Crippen LogP) is 3.96. The number of hydrogen-bond donors (Lipinski definition) is 1. The van der Waals surface area contributed by atoms with Crippen molar-refractivity contribution < 1.29 is 9.59 Å². The fourth-order valence-corrected chi connectivity index (χ4v) is 3.15. The molecule has 3 nitrogen and oxygen atoms in total. The largest absolute Gasteiger partial charge is 0.325 e. The summed E-state index contributed by atoms with van der Waals surface area (Å²) in [6.07, 6.45) is 1.88. The van der Waals surface area contributed by atoms with Gasteiger partial charge in [-0.2, -0.15) is 11.8 Å². The first kappa shape index (κ1) is 14.4. The van der Waals surface area contributed by atoms with Crippen LogP contribution >= 0.6 is 27.7 Å². The van der Waals surface area contributed by atoms with E-state index in [1.807, 2.05) is 36.6 Å². The Kier molecular flexibility index (Phi) is 3.87. The first-order valence-electron chi connectivity index (χ1n) is 6.37. The van der Waals surface area contributed by atoms with E-state index in [1.54, 1.807) is 6.07 Å². The maximum Gasteiger partial charge on any atom is 0.234 e. The topological polar surface area (TPSA) is 46.2 Å². The Labute approximate surface area is 135 Å². The molecule has 0 bridgehead atoms. The lowest BCUT2D eigenvalue weighted by molar-refractivity contribution is -0.113. The van der Waals surface area contributed by atoms with Crippen LogP contribution in [-0.2, 0) is 4.79 Å². The molecular weight excluding hydrogens is 350 g/mol. The van der Waals surface area contributed by atoms with E-state index in [0.29, 0.717) is 22.6 Å². The molecule has 0 aliphatic heterocycles. The zero-order chi connectivity index (χ0) is 15.0. The van der Waals surface area contributed by atoms with Crippen LogP contribution in [0.4, 0.5) is 5.69 Å². The van der Waals surface area contributed by atoms with Crippen LogP contribution in [0.2, 0.25) is 0 Å². The van der Waals surface area contributed by atoms with Crippen molar-refractivity contribution in [2.45, 2.75) is 0 Å². The van der Waals surface area contributed by atoms with E-state index in [-0.39, 0.29) is 11.7 Å². The highest BCUT2D eigenvalue weighted by Gasteiger charge is 2.27. The minimum atomic E-state index is -0.0619. The predicted molar refractivity (Wildman–Crippen MR) is 90.0 cm³/mol. The highest BCUT2D eigenvalue weighted by molar-refractivity contribution is 9.10. The maximum atomic E-state index is 12.5. The van der Waals surface area contributed by atoms with Crippen molar-refractivity contribution in [3.63, 3.8) is 0 Å². The van der Waals surface area contributed by atoms with Crippen LogP contribution in [0.5, 0.6) is 0 Å². The van der Waals surface area contributed by atoms with Gasteiger partial charge in [0.2, 0.25) is 5.91 Å². The number of halogens is 1. The third-order valence-corrected chi connectivity index (χ3v) is 4.38. The number of carbonyl (C=O) groups is 2. The van der Waals surface area contributed by atoms with Gasteiger partial charge >= 0.3 is 0 Å². The highest BCUT2D eigenvalue weighted by Crippen LogP contribution is 2.38. The number of carbonyl (C=O) groups excluding carboxylic acids is 2. The second kappa shape index (κ2) is 5.66. The van der Waals surface area contributed by atoms with E-state index in [2.05, 4.69) is 21.2 Å². The molecular formula is C16H12BrNO2S. The minimum absolute atomic E-state index is 0.00210. The van der Waals surface area contributed by atoms with Gasteiger partial charge in [-0.1, -0.05) is 28.1 Å². The molecule has 0 saturated carbocycles. The molecule has 3 rings (SSSR count). The minimum Gasteiger partial charge on any atom is -0.325 e. The van der Waals surface area contributed by atoms with E-state index in [1.165, 1.54) is 11.8 Å². The van der Waals surface area contributed by atoms with E-state index in [4.69, 9.17) is 0 Å². The van der Waals surface area contributed by atoms with E-state index < -0.39 is 0 Å². The van der Waals surface area contributed by atoms with Crippen LogP contribution in [0, 0.1) is 0 Å². The molecule has 2 aromatic carbocycles. The van der Waals surface area contributed by atoms with E-state index >= 15 is 0 Å². The number of nitrogens with one attached hydrogen (secondary N) is 1. The molecule has 0 atom stereocenters. The van der Waals surface area contributed by atoms with Crippen molar-refractivity contribution in [1.29, 1.82) is 0 Å². The van der Waals surface area contributed by atoms with Crippen LogP contribution in [0.25, 0.3) is 11.1 Å². The van der Waals surface area contributed by atoms with Crippen molar-refractivity contribution in [3.05, 3.63) is 52.0 Å². The summed E-state index contributed by atoms with van der Waals surface area (Å²) < 4.78 is 0.885. The Balaban J connectivity index is 1.97. The number of benzene rings is 2. The lowest BCUT2D eigenvalue weighted by atomic mass is 10.1. The molecule has 0 radical (unpaired) electrons. The molecule has 0 saturated heterocycles. The Bertz CT molecular complexity index is 758. The highest BCUT2D eigenvalue weighted by atomic mass is 79.9. The Morgan fingerprint density at radius 1 is 1.10 bits per heavy atom. The van der Waals surface area contributed by atoms with Crippen LogP contribution in [0.15, 0.2) is 40.9 Å². The quantitative estimate of drug-likeness (QED) is 0.767. The smallest absolute Gasteiger partial charge is 0.234 e. The zero-order valence-corrected chi connectivity index (χ0v) is 13.7. The molecule has 21 heavy (non-hydrogen) atoms. The van der Waals surface area contributed by atoms with Gasteiger partial charge in [0.05, 0.1) is 5.75 Å². The van der Waals surface area contributed by atoms with Crippen molar-refractivity contribution in [2.24, 2.45) is 0 Å². The normalized spacial score (nSPS) is 12.0. The van der Waals surface area contributed by atoms with Crippen molar-refractivity contribution in [2.75, 3.05) is 17.3 Å². The molecule has 1 aliphatic rings. The Morgan fingerprint density at radius 2 is 1.76 bits per heavy atom. The summed E-state index contributed by atoms with van der Waals surface area (Å²) in [5.41, 5.74) is 3.87. The molecule has 0 unspecified atom stereocenters. The second-order valence-corrected chi connectivity index (χ2v) is 6.54. The second-order valence-electron chi connectivity index (χ2n) is 4.76. The van der Waals surface area contributed by atoms with Gasteiger partial charge in [0.25, 0.3) is 0 Å². The van der Waals surface area contributed by atoms with Crippen LogP contribution in [0.3, 0.4) is 0 Å². The molecule has 0 heterocycles. The van der Waals surface area contributed by atoms with Gasteiger partial charge in [-0.05, 0) is 41.6 Å². The number of thioether (sulfide) groups is 1. The number of hydrogen-bond acceptors (Lipinski definition) is 3. The lowest BCUT2D eigenvalue weighted by Crippen LogP contribution is -2.14. The molecule has 2 aromatic rings. The first-order chi connectivity index (χ1) is 10.1. The van der Waals surface area contributed by atoms with Gasteiger partial charge in [0.15, 0.2) is 5.78 Å². The lowest BCUT2D eigenvalue weighted by Gasteiger charge is -2.06. The summed E-state index contributed by atoms with van der Waals surface area (Å²) in [5, 5.41) is 2.81. The summed E-state index contributed by atoms with van der Waals surface area (Å²) in [7, 11) is 0. The fraction of sp³-hybridized carbons (Fsp3) is 0.125. The van der Waals surface area contributed by atoms with Gasteiger partial charge in [-0.25, -0.2) is 0 Å². The summed E-state index contributed by atoms with van der Waals surface area (Å²) in [4.78, 5) is 24.1. The summed E-state index contributed by atoms with van der Waals surface area (Å²) in [6.45, 7) is 0. The van der Waals surface area contributed by atoms with Crippen molar-refractivity contribution >= 4 is 45.1 Å². The number of fused-ring (bicyclic) bond motifs is 3. The third kappa shape index (κ3) is 2.63. The summed E-state index contributed by atoms with van der Waals surface area (Å²) in [6, 6.07) is 11.2. The number of rotatable bonds is 3. The van der Waals surface area contributed by atoms with Gasteiger partial charge < -0.3 is 5.32 Å². The van der Waals surface area contributed by atoms with Gasteiger partial charge in [0.1, 0.15) is 0 Å². The number of amides is 1. The molecule has 5 heteroatoms. The van der Waals surface area contributed by atoms with Crippen LogP contribution < -0.4 is 5.32 Å². The van der Waals surface area contributed by atoms with Crippen LogP contribution in [0.1, 0.15) is 15.9 Å². The monoisotopic (exact) mass is 361 g/mol. The average molecular weight is 362 g/mol. The number of anilines is 1. The van der Waals surface area contributed by atoms with Crippen LogP contribution in [-0.4, -0.2) is 23.7 Å². The van der Waals surface area contributed by atoms with Crippen molar-refractivity contribution in [1.82, 2.24) is 0 Å². The number of ketones is 1. The fourth-order valence-electron chi connectivity index (χ4n) is 2.46. The molecule has 1 N–H and O–H groups in total. The standard InChI is InChI=1S/C16H12BrNO2S/c1-21-8-15(19)18-10-3-5-12-11-4-2-9(17)6-13(11)16(20)14(12)7-10/h2-7H,8H2,1H3,(H,18,19). The van der Waals surface area contributed by atoms with E-state index in [0.717, 1.165) is 15.6 Å². The molecule has 106 valence electrons. The Hall–Kier alpha value is -1.59. The summed E-state index contributed by atoms with van der Waals surface area (Å²) in [5.74, 6) is 0.341. The Morgan fingerprint density at radius 3 is 2.48 bits per heavy atom. The van der Waals surface area contributed by atoms with Gasteiger partial charge in [-0.15, -0.1) is 0 Å². The van der Waals surface area contributed by atoms with Gasteiger partial charge in [-0.3, -0.25) is 9.59 Å². The third-order valence-electron chi connectivity index (χ3n) is 3.34. The first-order valence-corrected chi connectivity index (χ1v) is 8.56. The van der Waals surface area contributed by atoms with Crippen molar-refractivity contribution in [3.8, 4) is 11.1 Å². The molecule has 1 aliphatic carbocycles. The molecule has 0 aromatic heterocycles. The van der Waals surface area contributed by atoms with Gasteiger partial charge in [0, 0.05) is 21.3 Å². The average Bonchev–Trinajstić information content (AvgIpc) is 2.72.